The molecule has 5 heteroatoms. The van der Waals surface area contributed by atoms with Crippen molar-refractivity contribution < 1.29 is 5.11 Å². The molecule has 0 aliphatic rings. The van der Waals surface area contributed by atoms with Crippen LogP contribution < -0.4 is 0 Å². The molecule has 102 valence electrons. The van der Waals surface area contributed by atoms with Gasteiger partial charge in [0.15, 0.2) is 0 Å². The van der Waals surface area contributed by atoms with E-state index in [0.29, 0.717) is 6.42 Å². The second kappa shape index (κ2) is 5.83. The molecule has 3 rings (SSSR count). The lowest BCUT2D eigenvalue weighted by Crippen LogP contribution is -2.02. The second-order valence-electron chi connectivity index (χ2n) is 4.50. The lowest BCUT2D eigenvalue weighted by Gasteiger charge is -2.04. The zero-order valence-corrected chi connectivity index (χ0v) is 12.6. The first-order chi connectivity index (χ1) is 9.72. The Morgan fingerprint density at radius 2 is 1.90 bits per heavy atom. The Hall–Kier alpha value is -1.56. The molecule has 0 radical (unpaired) electrons. The van der Waals surface area contributed by atoms with Crippen LogP contribution in [0.25, 0.3) is 11.3 Å². The van der Waals surface area contributed by atoms with E-state index in [1.165, 1.54) is 0 Å². The van der Waals surface area contributed by atoms with E-state index in [-0.39, 0.29) is 0 Å². The number of aliphatic hydroxyl groups excluding tert-OH is 1. The van der Waals surface area contributed by atoms with Gasteiger partial charge in [0.25, 0.3) is 0 Å². The van der Waals surface area contributed by atoms with E-state index in [1.54, 1.807) is 22.7 Å². The Morgan fingerprint density at radius 1 is 1.10 bits per heavy atom. The van der Waals surface area contributed by atoms with Crippen LogP contribution in [0.1, 0.15) is 21.8 Å². The van der Waals surface area contributed by atoms with Crippen LogP contribution in [-0.4, -0.2) is 15.1 Å². The van der Waals surface area contributed by atoms with Gasteiger partial charge in [0.2, 0.25) is 0 Å². The van der Waals surface area contributed by atoms with Crippen molar-refractivity contribution in [2.75, 3.05) is 0 Å². The smallest absolute Gasteiger partial charge is 0.103 e. The topological polar surface area (TPSA) is 46.0 Å². The van der Waals surface area contributed by atoms with Gasteiger partial charge >= 0.3 is 0 Å². The Balaban J connectivity index is 1.74. The summed E-state index contributed by atoms with van der Waals surface area (Å²) in [7, 11) is 0. The van der Waals surface area contributed by atoms with Crippen molar-refractivity contribution in [3.8, 4) is 11.3 Å². The van der Waals surface area contributed by atoms with Gasteiger partial charge in [0, 0.05) is 22.7 Å². The second-order valence-corrected chi connectivity index (χ2v) is 6.51. The van der Waals surface area contributed by atoms with Gasteiger partial charge in [-0.1, -0.05) is 30.3 Å². The van der Waals surface area contributed by atoms with Gasteiger partial charge in [-0.3, -0.25) is 0 Å². The molecular formula is C15H14N2OS2. The molecule has 20 heavy (non-hydrogen) atoms. The third-order valence-corrected chi connectivity index (χ3v) is 4.63. The van der Waals surface area contributed by atoms with Crippen LogP contribution >= 0.6 is 22.7 Å². The molecule has 0 aliphatic carbocycles. The standard InChI is InChI=1S/C15H14N2OS2/c1-10-16-13(9-19-10)14(18)7-15-17-12(8-20-15)11-5-3-2-4-6-11/h2-6,8-9,14,18H,7H2,1H3. The van der Waals surface area contributed by atoms with Gasteiger partial charge < -0.3 is 5.11 Å². The number of nitrogens with zero attached hydrogens (tertiary/aromatic N) is 2. The third kappa shape index (κ3) is 2.95. The molecule has 0 aliphatic heterocycles. The molecule has 2 aromatic heterocycles. The predicted octanol–water partition coefficient (Wildman–Crippen LogP) is 3.85. The van der Waals surface area contributed by atoms with Gasteiger partial charge in [-0.05, 0) is 6.92 Å². The van der Waals surface area contributed by atoms with E-state index in [0.717, 1.165) is 27.0 Å². The van der Waals surface area contributed by atoms with E-state index < -0.39 is 6.10 Å². The number of aliphatic hydroxyl groups is 1. The Labute approximate surface area is 125 Å². The molecule has 1 unspecified atom stereocenters. The van der Waals surface area contributed by atoms with Crippen LogP contribution in [-0.2, 0) is 6.42 Å². The molecule has 3 nitrogen and oxygen atoms in total. The molecule has 0 amide bonds. The molecule has 0 saturated heterocycles. The quantitative estimate of drug-likeness (QED) is 0.796. The summed E-state index contributed by atoms with van der Waals surface area (Å²) in [5, 5.41) is 16.0. The van der Waals surface area contributed by atoms with E-state index in [4.69, 9.17) is 0 Å². The van der Waals surface area contributed by atoms with Crippen molar-refractivity contribution in [2.24, 2.45) is 0 Å². The maximum Gasteiger partial charge on any atom is 0.103 e. The largest absolute Gasteiger partial charge is 0.386 e. The summed E-state index contributed by atoms with van der Waals surface area (Å²) in [6, 6.07) is 10.1. The summed E-state index contributed by atoms with van der Waals surface area (Å²) in [6.45, 7) is 1.94. The summed E-state index contributed by atoms with van der Waals surface area (Å²) >= 11 is 3.14. The first-order valence-electron chi connectivity index (χ1n) is 6.32. The maximum absolute atomic E-state index is 10.2. The average Bonchev–Trinajstić information content (AvgIpc) is 3.09. The van der Waals surface area contributed by atoms with Gasteiger partial charge in [0.1, 0.15) is 6.10 Å². The number of aryl methyl sites for hydroxylation is 1. The molecule has 0 spiro atoms. The monoisotopic (exact) mass is 302 g/mol. The zero-order valence-electron chi connectivity index (χ0n) is 11.0. The Bertz CT molecular complexity index is 691. The molecule has 0 bridgehead atoms. The number of thiazole rings is 2. The average molecular weight is 302 g/mol. The van der Waals surface area contributed by atoms with Crippen LogP contribution in [0.5, 0.6) is 0 Å². The first-order valence-corrected chi connectivity index (χ1v) is 8.08. The lowest BCUT2D eigenvalue weighted by molar-refractivity contribution is 0.174. The molecule has 0 fully saturated rings. The molecule has 1 aromatic carbocycles. The number of hydrogen-bond donors (Lipinski definition) is 1. The molecule has 0 saturated carbocycles. The van der Waals surface area contributed by atoms with Crippen LogP contribution in [0.3, 0.4) is 0 Å². The summed E-state index contributed by atoms with van der Waals surface area (Å²) in [5.74, 6) is 0. The Morgan fingerprint density at radius 3 is 2.60 bits per heavy atom. The summed E-state index contributed by atoms with van der Waals surface area (Å²) in [5.41, 5.74) is 2.81. The lowest BCUT2D eigenvalue weighted by atomic mass is 10.2. The van der Waals surface area contributed by atoms with Crippen LogP contribution in [0.2, 0.25) is 0 Å². The molecule has 3 aromatic rings. The third-order valence-electron chi connectivity index (χ3n) is 2.97. The number of benzene rings is 1. The van der Waals surface area contributed by atoms with E-state index >= 15 is 0 Å². The fourth-order valence-electron chi connectivity index (χ4n) is 1.95. The minimum Gasteiger partial charge on any atom is -0.386 e. The van der Waals surface area contributed by atoms with Crippen molar-refractivity contribution in [3.05, 3.63) is 56.8 Å². The highest BCUT2D eigenvalue weighted by Gasteiger charge is 2.14. The summed E-state index contributed by atoms with van der Waals surface area (Å²) < 4.78 is 0. The van der Waals surface area contributed by atoms with Crippen molar-refractivity contribution >= 4 is 22.7 Å². The van der Waals surface area contributed by atoms with Crippen LogP contribution in [0.4, 0.5) is 0 Å². The fraction of sp³-hybridized carbons (Fsp3) is 0.200. The molecule has 2 heterocycles. The van der Waals surface area contributed by atoms with E-state index in [2.05, 4.69) is 9.97 Å². The van der Waals surface area contributed by atoms with Gasteiger partial charge in [-0.25, -0.2) is 9.97 Å². The van der Waals surface area contributed by atoms with Gasteiger partial charge in [-0.2, -0.15) is 0 Å². The highest BCUT2D eigenvalue weighted by Crippen LogP contribution is 2.25. The molecule has 1 atom stereocenters. The fourth-order valence-corrected chi connectivity index (χ4v) is 3.45. The Kier molecular flexibility index (Phi) is 3.91. The van der Waals surface area contributed by atoms with Crippen LogP contribution in [0, 0.1) is 6.92 Å². The molecule has 1 N–H and O–H groups in total. The van der Waals surface area contributed by atoms with Crippen molar-refractivity contribution in [3.63, 3.8) is 0 Å². The maximum atomic E-state index is 10.2. The number of rotatable bonds is 4. The van der Waals surface area contributed by atoms with Crippen molar-refractivity contribution in [2.45, 2.75) is 19.4 Å². The van der Waals surface area contributed by atoms with Crippen molar-refractivity contribution in [1.82, 2.24) is 9.97 Å². The van der Waals surface area contributed by atoms with Gasteiger partial charge in [0.05, 0.1) is 21.4 Å². The number of hydrogen-bond acceptors (Lipinski definition) is 5. The highest BCUT2D eigenvalue weighted by atomic mass is 32.1. The number of aromatic nitrogens is 2. The van der Waals surface area contributed by atoms with E-state index in [1.807, 2.05) is 48.0 Å². The SMILES string of the molecule is Cc1nc(C(O)Cc2nc(-c3ccccc3)cs2)cs1. The zero-order chi connectivity index (χ0) is 13.9. The molecular weight excluding hydrogens is 288 g/mol. The summed E-state index contributed by atoms with van der Waals surface area (Å²) in [4.78, 5) is 8.90. The van der Waals surface area contributed by atoms with E-state index in [9.17, 15) is 5.11 Å². The summed E-state index contributed by atoms with van der Waals surface area (Å²) in [6.07, 6.45) is -0.0598. The van der Waals surface area contributed by atoms with Gasteiger partial charge in [-0.15, -0.1) is 22.7 Å². The minimum atomic E-state index is -0.574. The predicted molar refractivity (Wildman–Crippen MR) is 83.1 cm³/mol. The normalized spacial score (nSPS) is 12.5. The first kappa shape index (κ1) is 13.4. The van der Waals surface area contributed by atoms with Crippen LogP contribution in [0.15, 0.2) is 41.1 Å². The van der Waals surface area contributed by atoms with Crippen molar-refractivity contribution in [1.29, 1.82) is 0 Å². The minimum absolute atomic E-state index is 0.515. The highest BCUT2D eigenvalue weighted by molar-refractivity contribution is 7.10.